The number of aryl methyl sites for hydroxylation is 1. The van der Waals surface area contributed by atoms with Gasteiger partial charge in [0.05, 0.1) is 40.4 Å². The minimum absolute atomic E-state index is 0.163. The summed E-state index contributed by atoms with van der Waals surface area (Å²) in [5.74, 6) is 0.611. The Kier molecular flexibility index (Phi) is 8.43. The van der Waals surface area contributed by atoms with Gasteiger partial charge in [0, 0.05) is 24.0 Å². The SMILES string of the molecule is CCCc1nc2ccc(Br)cc2c(=O)n1N=Cc1cc(Cl)c(OCC(=O)N2CCOCC2)c(Cl)c1. The molecule has 0 radical (unpaired) electrons. The lowest BCUT2D eigenvalue weighted by Gasteiger charge is -2.26. The van der Waals surface area contributed by atoms with Crippen molar-refractivity contribution in [2.45, 2.75) is 19.8 Å². The fourth-order valence-corrected chi connectivity index (χ4v) is 4.63. The maximum absolute atomic E-state index is 13.1. The summed E-state index contributed by atoms with van der Waals surface area (Å²) in [5.41, 5.74) is 0.914. The molecule has 0 atom stereocenters. The molecule has 1 aliphatic heterocycles. The zero-order valence-electron chi connectivity index (χ0n) is 19.0. The van der Waals surface area contributed by atoms with Gasteiger partial charge in [-0.2, -0.15) is 9.78 Å². The normalized spacial score (nSPS) is 14.1. The molecule has 11 heteroatoms. The van der Waals surface area contributed by atoms with Crippen LogP contribution in [-0.4, -0.2) is 59.6 Å². The van der Waals surface area contributed by atoms with Gasteiger partial charge in [0.2, 0.25) is 0 Å². The van der Waals surface area contributed by atoms with E-state index in [0.717, 1.165) is 10.9 Å². The number of rotatable bonds is 7. The quantitative estimate of drug-likeness (QED) is 0.382. The van der Waals surface area contributed by atoms with Gasteiger partial charge in [-0.05, 0) is 42.3 Å². The number of morpholine rings is 1. The summed E-state index contributed by atoms with van der Waals surface area (Å²) < 4.78 is 13.0. The van der Waals surface area contributed by atoms with Crippen LogP contribution in [0.25, 0.3) is 10.9 Å². The molecule has 1 aromatic heterocycles. The van der Waals surface area contributed by atoms with Crippen LogP contribution >= 0.6 is 39.1 Å². The van der Waals surface area contributed by atoms with E-state index >= 15 is 0 Å². The van der Waals surface area contributed by atoms with Crippen LogP contribution in [0.2, 0.25) is 10.0 Å². The molecule has 8 nitrogen and oxygen atoms in total. The number of benzene rings is 2. The number of amides is 1. The van der Waals surface area contributed by atoms with Gasteiger partial charge >= 0.3 is 0 Å². The Balaban J connectivity index is 1.57. The second-order valence-corrected chi connectivity index (χ2v) is 9.63. The average molecular weight is 582 g/mol. The van der Waals surface area contributed by atoms with Crippen LogP contribution in [0.4, 0.5) is 0 Å². The molecule has 2 heterocycles. The zero-order chi connectivity index (χ0) is 24.9. The lowest BCUT2D eigenvalue weighted by atomic mass is 10.2. The van der Waals surface area contributed by atoms with E-state index in [0.29, 0.717) is 55.0 Å². The molecule has 0 bridgehead atoms. The van der Waals surface area contributed by atoms with Gasteiger partial charge < -0.3 is 14.4 Å². The van der Waals surface area contributed by atoms with Crippen molar-refractivity contribution in [3.05, 3.63) is 66.6 Å². The van der Waals surface area contributed by atoms with E-state index in [2.05, 4.69) is 26.0 Å². The Morgan fingerprint density at radius 1 is 1.23 bits per heavy atom. The van der Waals surface area contributed by atoms with Crippen LogP contribution in [0.1, 0.15) is 24.7 Å². The number of ether oxygens (including phenoxy) is 2. The molecule has 0 saturated carbocycles. The molecule has 0 aliphatic carbocycles. The second kappa shape index (κ2) is 11.5. The number of nitrogens with zero attached hydrogens (tertiary/aromatic N) is 4. The highest BCUT2D eigenvalue weighted by Gasteiger charge is 2.19. The van der Waals surface area contributed by atoms with E-state index in [1.807, 2.05) is 13.0 Å². The monoisotopic (exact) mass is 580 g/mol. The Morgan fingerprint density at radius 2 is 1.94 bits per heavy atom. The van der Waals surface area contributed by atoms with Crippen molar-refractivity contribution in [2.75, 3.05) is 32.9 Å². The Morgan fingerprint density at radius 3 is 2.63 bits per heavy atom. The van der Waals surface area contributed by atoms with E-state index in [9.17, 15) is 9.59 Å². The smallest absolute Gasteiger partial charge is 0.282 e. The topological polar surface area (TPSA) is 86.0 Å². The number of aromatic nitrogens is 2. The third-order valence-corrected chi connectivity index (χ3v) is 6.45. The summed E-state index contributed by atoms with van der Waals surface area (Å²) in [6.07, 6.45) is 2.88. The van der Waals surface area contributed by atoms with Crippen LogP contribution in [0.5, 0.6) is 5.75 Å². The highest BCUT2D eigenvalue weighted by molar-refractivity contribution is 9.10. The van der Waals surface area contributed by atoms with Crippen LogP contribution in [0.15, 0.2) is 44.7 Å². The third kappa shape index (κ3) is 6.03. The van der Waals surface area contributed by atoms with Gasteiger partial charge in [-0.3, -0.25) is 9.59 Å². The van der Waals surface area contributed by atoms with Crippen molar-refractivity contribution in [3.8, 4) is 5.75 Å². The molecule has 35 heavy (non-hydrogen) atoms. The molecule has 1 amide bonds. The number of halogens is 3. The highest BCUT2D eigenvalue weighted by Crippen LogP contribution is 2.34. The van der Waals surface area contributed by atoms with Gasteiger partial charge in [-0.15, -0.1) is 0 Å². The highest BCUT2D eigenvalue weighted by atomic mass is 79.9. The first-order valence-corrected chi connectivity index (χ1v) is 12.6. The summed E-state index contributed by atoms with van der Waals surface area (Å²) in [6.45, 7) is 3.90. The van der Waals surface area contributed by atoms with Crippen molar-refractivity contribution in [1.29, 1.82) is 0 Å². The predicted molar refractivity (Wildman–Crippen MR) is 140 cm³/mol. The van der Waals surface area contributed by atoms with E-state index in [4.69, 9.17) is 32.7 Å². The molecule has 4 rings (SSSR count). The summed E-state index contributed by atoms with van der Waals surface area (Å²) >= 11 is 16.2. The zero-order valence-corrected chi connectivity index (χ0v) is 22.1. The predicted octanol–water partition coefficient (Wildman–Crippen LogP) is 4.54. The fourth-order valence-electron chi connectivity index (χ4n) is 3.65. The summed E-state index contributed by atoms with van der Waals surface area (Å²) in [5, 5.41) is 5.32. The molecule has 2 aromatic carbocycles. The minimum atomic E-state index is -0.269. The molecule has 1 aliphatic rings. The fraction of sp³-hybridized carbons (Fsp3) is 0.333. The second-order valence-electron chi connectivity index (χ2n) is 7.90. The first kappa shape index (κ1) is 25.6. The largest absolute Gasteiger partial charge is 0.481 e. The lowest BCUT2D eigenvalue weighted by molar-refractivity contribution is -0.137. The molecule has 0 unspecified atom stereocenters. The maximum Gasteiger partial charge on any atom is 0.282 e. The number of carbonyl (C=O) groups excluding carboxylic acids is 1. The minimum Gasteiger partial charge on any atom is -0.481 e. The Labute approximate surface area is 220 Å². The Bertz CT molecular complexity index is 1320. The third-order valence-electron chi connectivity index (χ3n) is 5.40. The van der Waals surface area contributed by atoms with Crippen LogP contribution < -0.4 is 10.3 Å². The van der Waals surface area contributed by atoms with Crippen LogP contribution in [0.3, 0.4) is 0 Å². The first-order valence-electron chi connectivity index (χ1n) is 11.1. The average Bonchev–Trinajstić information content (AvgIpc) is 2.84. The van der Waals surface area contributed by atoms with Crippen molar-refractivity contribution in [3.63, 3.8) is 0 Å². The Hall–Kier alpha value is -2.46. The summed E-state index contributed by atoms with van der Waals surface area (Å²) in [4.78, 5) is 31.8. The van der Waals surface area contributed by atoms with Gasteiger partial charge in [-0.25, -0.2) is 4.98 Å². The van der Waals surface area contributed by atoms with Gasteiger partial charge in [0.15, 0.2) is 12.4 Å². The molecule has 0 N–H and O–H groups in total. The van der Waals surface area contributed by atoms with Crippen molar-refractivity contribution < 1.29 is 14.3 Å². The van der Waals surface area contributed by atoms with E-state index in [1.165, 1.54) is 10.9 Å². The standard InChI is InChI=1S/C24H23BrCl2N4O4/c1-2-3-21-29-20-5-4-16(25)12-17(20)24(33)31(21)28-13-15-10-18(26)23(19(27)11-15)35-14-22(32)30-6-8-34-9-7-30/h4-5,10-13H,2-3,6-9,14H2,1H3. The number of hydrogen-bond donors (Lipinski definition) is 0. The molecule has 1 fully saturated rings. The van der Waals surface area contributed by atoms with Crippen molar-refractivity contribution in [1.82, 2.24) is 14.6 Å². The van der Waals surface area contributed by atoms with Crippen LogP contribution in [0, 0.1) is 0 Å². The van der Waals surface area contributed by atoms with Crippen molar-refractivity contribution in [2.24, 2.45) is 5.10 Å². The molecular formula is C24H23BrCl2N4O4. The molecule has 184 valence electrons. The molecule has 1 saturated heterocycles. The molecule has 0 spiro atoms. The van der Waals surface area contributed by atoms with E-state index in [-0.39, 0.29) is 33.9 Å². The van der Waals surface area contributed by atoms with E-state index < -0.39 is 0 Å². The molecule has 3 aromatic rings. The lowest BCUT2D eigenvalue weighted by Crippen LogP contribution is -2.43. The number of fused-ring (bicyclic) bond motifs is 1. The van der Waals surface area contributed by atoms with Gasteiger partial charge in [0.1, 0.15) is 5.82 Å². The van der Waals surface area contributed by atoms with Gasteiger partial charge in [-0.1, -0.05) is 46.1 Å². The number of hydrogen-bond acceptors (Lipinski definition) is 6. The van der Waals surface area contributed by atoms with Crippen LogP contribution in [-0.2, 0) is 16.0 Å². The van der Waals surface area contributed by atoms with Gasteiger partial charge in [0.25, 0.3) is 11.5 Å². The van der Waals surface area contributed by atoms with E-state index in [1.54, 1.807) is 29.2 Å². The maximum atomic E-state index is 13.1. The number of carbonyl (C=O) groups is 1. The summed E-state index contributed by atoms with van der Waals surface area (Å²) in [7, 11) is 0. The summed E-state index contributed by atoms with van der Waals surface area (Å²) in [6, 6.07) is 8.60. The van der Waals surface area contributed by atoms with Crippen molar-refractivity contribution >= 4 is 62.2 Å². The first-order chi connectivity index (χ1) is 16.9. The molecular weight excluding hydrogens is 559 g/mol.